The molecule has 36 heavy (non-hydrogen) atoms. The summed E-state index contributed by atoms with van der Waals surface area (Å²) in [6, 6.07) is 11.8. The lowest BCUT2D eigenvalue weighted by atomic mass is 9.96. The van der Waals surface area contributed by atoms with Gasteiger partial charge in [-0.2, -0.15) is 0 Å². The van der Waals surface area contributed by atoms with Crippen molar-refractivity contribution in [3.8, 4) is 11.5 Å². The molecule has 0 saturated heterocycles. The average Bonchev–Trinajstić information content (AvgIpc) is 3.14. The first kappa shape index (κ1) is 25.7. The standard InChI is InChI=1S/C27H27ClN2O5S/c1-6-34-21-12-9-19(28)13-18(21)14-22-25(31)30-24(17-7-10-20(33-5)11-8-17)23(26(32)35-15(2)3)16(4)29-27(30)36-22/h7-15,24H,6H2,1-5H3. The Morgan fingerprint density at radius 3 is 2.58 bits per heavy atom. The van der Waals surface area contributed by atoms with Crippen LogP contribution in [0.4, 0.5) is 0 Å². The summed E-state index contributed by atoms with van der Waals surface area (Å²) in [5, 5.41) is 0.531. The third-order valence-corrected chi connectivity index (χ3v) is 6.79. The van der Waals surface area contributed by atoms with Crippen LogP contribution < -0.4 is 24.4 Å². The van der Waals surface area contributed by atoms with Crippen molar-refractivity contribution in [2.75, 3.05) is 13.7 Å². The molecular formula is C27H27ClN2O5S. The topological polar surface area (TPSA) is 79.1 Å². The molecule has 188 valence electrons. The van der Waals surface area contributed by atoms with E-state index < -0.39 is 12.0 Å². The molecule has 9 heteroatoms. The van der Waals surface area contributed by atoms with E-state index in [0.29, 0.717) is 49.3 Å². The number of esters is 1. The van der Waals surface area contributed by atoms with Gasteiger partial charge in [0.15, 0.2) is 4.80 Å². The van der Waals surface area contributed by atoms with Crippen molar-refractivity contribution in [3.05, 3.63) is 89.6 Å². The Kier molecular flexibility index (Phi) is 7.66. The number of thiazole rings is 1. The summed E-state index contributed by atoms with van der Waals surface area (Å²) < 4.78 is 18.5. The highest BCUT2D eigenvalue weighted by atomic mass is 35.5. The number of carbonyl (C=O) groups excluding carboxylic acids is 1. The summed E-state index contributed by atoms with van der Waals surface area (Å²) in [4.78, 5) is 32.1. The zero-order valence-corrected chi connectivity index (χ0v) is 22.3. The second kappa shape index (κ2) is 10.7. The van der Waals surface area contributed by atoms with Crippen LogP contribution in [0.3, 0.4) is 0 Å². The Morgan fingerprint density at radius 2 is 1.94 bits per heavy atom. The first-order valence-corrected chi connectivity index (χ1v) is 12.7. The van der Waals surface area contributed by atoms with Gasteiger partial charge in [0.2, 0.25) is 0 Å². The smallest absolute Gasteiger partial charge is 0.338 e. The number of carbonyl (C=O) groups is 1. The number of halogens is 1. The second-order valence-electron chi connectivity index (χ2n) is 8.42. The zero-order valence-electron chi connectivity index (χ0n) is 20.7. The van der Waals surface area contributed by atoms with Crippen molar-refractivity contribution in [1.29, 1.82) is 0 Å². The van der Waals surface area contributed by atoms with Crippen LogP contribution in [0.1, 0.15) is 44.9 Å². The zero-order chi connectivity index (χ0) is 26.0. The van der Waals surface area contributed by atoms with Gasteiger partial charge in [-0.05, 0) is 69.7 Å². The third-order valence-electron chi connectivity index (χ3n) is 5.57. The monoisotopic (exact) mass is 526 g/mol. The lowest BCUT2D eigenvalue weighted by molar-refractivity contribution is -0.143. The quantitative estimate of drug-likeness (QED) is 0.430. The summed E-state index contributed by atoms with van der Waals surface area (Å²) in [5.74, 6) is 0.786. The van der Waals surface area contributed by atoms with Crippen LogP contribution in [0.2, 0.25) is 5.02 Å². The molecule has 7 nitrogen and oxygen atoms in total. The van der Waals surface area contributed by atoms with Crippen LogP contribution in [-0.4, -0.2) is 30.4 Å². The number of rotatable bonds is 7. The van der Waals surface area contributed by atoms with E-state index in [1.165, 1.54) is 11.3 Å². The Hall–Kier alpha value is -3.36. The van der Waals surface area contributed by atoms with Gasteiger partial charge < -0.3 is 14.2 Å². The molecule has 0 saturated carbocycles. The van der Waals surface area contributed by atoms with Gasteiger partial charge in [0, 0.05) is 10.6 Å². The fourth-order valence-electron chi connectivity index (χ4n) is 4.02. The minimum Gasteiger partial charge on any atom is -0.497 e. The lowest BCUT2D eigenvalue weighted by Crippen LogP contribution is -2.40. The number of hydrogen-bond donors (Lipinski definition) is 0. The van der Waals surface area contributed by atoms with Gasteiger partial charge in [0.05, 0.1) is 41.7 Å². The molecule has 3 aromatic rings. The summed E-state index contributed by atoms with van der Waals surface area (Å²) >= 11 is 7.47. The molecule has 4 rings (SSSR count). The van der Waals surface area contributed by atoms with E-state index in [4.69, 9.17) is 25.8 Å². The maximum Gasteiger partial charge on any atom is 0.338 e. The highest BCUT2D eigenvalue weighted by Crippen LogP contribution is 2.32. The molecule has 1 aliphatic rings. The molecule has 0 radical (unpaired) electrons. The fourth-order valence-corrected chi connectivity index (χ4v) is 5.24. The van der Waals surface area contributed by atoms with E-state index in [0.717, 1.165) is 5.56 Å². The molecule has 0 aliphatic carbocycles. The second-order valence-corrected chi connectivity index (χ2v) is 9.87. The summed E-state index contributed by atoms with van der Waals surface area (Å²) in [6.07, 6.45) is 1.43. The Morgan fingerprint density at radius 1 is 1.22 bits per heavy atom. The fraction of sp³-hybridized carbons (Fsp3) is 0.296. The third kappa shape index (κ3) is 5.10. The molecule has 0 fully saturated rings. The average molecular weight is 527 g/mol. The van der Waals surface area contributed by atoms with Crippen LogP contribution in [0.5, 0.6) is 11.5 Å². The van der Waals surface area contributed by atoms with Crippen LogP contribution in [0.25, 0.3) is 6.08 Å². The Balaban J connectivity index is 1.94. The normalized spacial score (nSPS) is 15.5. The molecule has 1 aliphatic heterocycles. The van der Waals surface area contributed by atoms with Crippen molar-refractivity contribution in [1.82, 2.24) is 4.57 Å². The summed E-state index contributed by atoms with van der Waals surface area (Å²) in [7, 11) is 1.58. The SMILES string of the molecule is CCOc1ccc(Cl)cc1C=c1sc2n(c1=O)C(c1ccc(OC)cc1)C(C(=O)OC(C)C)=C(C)N=2. The summed E-state index contributed by atoms with van der Waals surface area (Å²) in [6.45, 7) is 7.69. The number of aromatic nitrogens is 1. The molecule has 0 amide bonds. The lowest BCUT2D eigenvalue weighted by Gasteiger charge is -2.25. The van der Waals surface area contributed by atoms with E-state index in [9.17, 15) is 9.59 Å². The molecule has 1 atom stereocenters. The molecule has 0 bridgehead atoms. The predicted molar refractivity (Wildman–Crippen MR) is 141 cm³/mol. The number of allylic oxidation sites excluding steroid dienone is 1. The molecule has 1 aromatic heterocycles. The highest BCUT2D eigenvalue weighted by Gasteiger charge is 2.33. The van der Waals surface area contributed by atoms with Crippen LogP contribution in [0.15, 0.2) is 63.5 Å². The molecular weight excluding hydrogens is 500 g/mol. The largest absolute Gasteiger partial charge is 0.497 e. The van der Waals surface area contributed by atoms with Gasteiger partial charge in [-0.15, -0.1) is 0 Å². The van der Waals surface area contributed by atoms with Crippen LogP contribution >= 0.6 is 22.9 Å². The van der Waals surface area contributed by atoms with E-state index in [2.05, 4.69) is 4.99 Å². The first-order chi connectivity index (χ1) is 17.2. The number of ether oxygens (including phenoxy) is 3. The van der Waals surface area contributed by atoms with E-state index in [-0.39, 0.29) is 11.7 Å². The number of methoxy groups -OCH3 is 1. The maximum atomic E-state index is 13.8. The maximum absolute atomic E-state index is 13.8. The molecule has 2 aromatic carbocycles. The highest BCUT2D eigenvalue weighted by molar-refractivity contribution is 7.07. The number of nitrogens with zero attached hydrogens (tertiary/aromatic N) is 2. The van der Waals surface area contributed by atoms with E-state index in [1.807, 2.05) is 19.1 Å². The van der Waals surface area contributed by atoms with Crippen molar-refractivity contribution in [2.24, 2.45) is 4.99 Å². The predicted octanol–water partition coefficient (Wildman–Crippen LogP) is 4.25. The van der Waals surface area contributed by atoms with Gasteiger partial charge in [-0.1, -0.05) is 35.1 Å². The molecule has 2 heterocycles. The minimum atomic E-state index is -0.703. The number of benzene rings is 2. The van der Waals surface area contributed by atoms with Gasteiger partial charge >= 0.3 is 5.97 Å². The van der Waals surface area contributed by atoms with Gasteiger partial charge in [0.1, 0.15) is 11.5 Å². The van der Waals surface area contributed by atoms with E-state index in [1.54, 1.807) is 68.9 Å². The van der Waals surface area contributed by atoms with Crippen molar-refractivity contribution < 1.29 is 19.0 Å². The van der Waals surface area contributed by atoms with Crippen LogP contribution in [0, 0.1) is 0 Å². The van der Waals surface area contributed by atoms with Gasteiger partial charge in [-0.25, -0.2) is 9.79 Å². The van der Waals surface area contributed by atoms with Crippen molar-refractivity contribution in [3.63, 3.8) is 0 Å². The number of fused-ring (bicyclic) bond motifs is 1. The first-order valence-electron chi connectivity index (χ1n) is 11.5. The van der Waals surface area contributed by atoms with Crippen LogP contribution in [-0.2, 0) is 9.53 Å². The molecule has 0 spiro atoms. The summed E-state index contributed by atoms with van der Waals surface area (Å²) in [5.41, 5.74) is 1.99. The minimum absolute atomic E-state index is 0.274. The van der Waals surface area contributed by atoms with Gasteiger partial charge in [-0.3, -0.25) is 9.36 Å². The van der Waals surface area contributed by atoms with Gasteiger partial charge in [0.25, 0.3) is 5.56 Å². The Bertz CT molecular complexity index is 1500. The molecule has 0 N–H and O–H groups in total. The van der Waals surface area contributed by atoms with Crippen molar-refractivity contribution >= 4 is 35.0 Å². The Labute approximate surface area is 217 Å². The van der Waals surface area contributed by atoms with Crippen molar-refractivity contribution in [2.45, 2.75) is 39.8 Å². The van der Waals surface area contributed by atoms with E-state index >= 15 is 0 Å². The number of hydrogen-bond acceptors (Lipinski definition) is 7. The molecule has 1 unspecified atom stereocenters.